The Balaban J connectivity index is 2.12. The summed E-state index contributed by atoms with van der Waals surface area (Å²) in [6.45, 7) is 1.84. The number of nitrogens with two attached hydrogens (primary N) is 1. The number of hydrogen-bond donors (Lipinski definition) is 4. The first-order chi connectivity index (χ1) is 11.5. The van der Waals surface area contributed by atoms with Crippen LogP contribution in [-0.4, -0.2) is 17.5 Å². The van der Waals surface area contributed by atoms with Gasteiger partial charge in [0, 0.05) is 11.3 Å². The number of hydrogen-bond acceptors (Lipinski definition) is 5. The molecule has 2 aromatic carbocycles. The average Bonchev–Trinajstić information content (AvgIpc) is 2.58. The molecule has 0 bridgehead atoms. The molecular formula is C17H16N6O. The van der Waals surface area contributed by atoms with Gasteiger partial charge in [-0.15, -0.1) is 0 Å². The molecule has 0 aliphatic rings. The number of nitriles is 1. The van der Waals surface area contributed by atoms with Crippen LogP contribution in [0.15, 0.2) is 53.6 Å². The maximum atomic E-state index is 12.2. The van der Waals surface area contributed by atoms with E-state index in [9.17, 15) is 4.79 Å². The Labute approximate surface area is 139 Å². The number of nitrogens with one attached hydrogen (secondary N) is 3. The number of amides is 1. The maximum absolute atomic E-state index is 12.2. The van der Waals surface area contributed by atoms with Crippen molar-refractivity contribution in [3.63, 3.8) is 0 Å². The Hall–Kier alpha value is -3.66. The van der Waals surface area contributed by atoms with Crippen molar-refractivity contribution in [2.45, 2.75) is 6.92 Å². The Morgan fingerprint density at radius 2 is 1.96 bits per heavy atom. The molecule has 0 aliphatic heterocycles. The molecule has 1 amide bonds. The maximum Gasteiger partial charge on any atom is 0.255 e. The summed E-state index contributed by atoms with van der Waals surface area (Å²) in [7, 11) is 0. The van der Waals surface area contributed by atoms with Crippen molar-refractivity contribution in [1.29, 1.82) is 10.7 Å². The molecule has 7 nitrogen and oxygen atoms in total. The van der Waals surface area contributed by atoms with E-state index in [1.807, 2.05) is 13.0 Å². The minimum Gasteiger partial charge on any atom is -0.382 e. The van der Waals surface area contributed by atoms with Crippen LogP contribution >= 0.6 is 0 Å². The van der Waals surface area contributed by atoms with E-state index >= 15 is 0 Å². The summed E-state index contributed by atoms with van der Waals surface area (Å²) in [6.07, 6.45) is 0. The number of carbonyl (C=O) groups is 1. The number of nitrogens with zero attached hydrogens (tertiary/aromatic N) is 2. The molecule has 7 heteroatoms. The molecule has 0 radical (unpaired) electrons. The monoisotopic (exact) mass is 320 g/mol. The highest BCUT2D eigenvalue weighted by Gasteiger charge is 2.08. The highest BCUT2D eigenvalue weighted by Crippen LogP contribution is 2.20. The highest BCUT2D eigenvalue weighted by atomic mass is 16.1. The van der Waals surface area contributed by atoms with E-state index in [4.69, 9.17) is 16.4 Å². The molecular weight excluding hydrogens is 304 g/mol. The molecule has 0 spiro atoms. The van der Waals surface area contributed by atoms with Crippen LogP contribution in [-0.2, 0) is 0 Å². The average molecular weight is 320 g/mol. The molecule has 0 saturated heterocycles. The van der Waals surface area contributed by atoms with Crippen molar-refractivity contribution in [2.24, 2.45) is 10.8 Å². The fourth-order valence-electron chi connectivity index (χ4n) is 1.92. The first kappa shape index (κ1) is 16.7. The third kappa shape index (κ3) is 4.18. The number of benzene rings is 2. The Morgan fingerprint density at radius 1 is 1.25 bits per heavy atom. The van der Waals surface area contributed by atoms with Crippen LogP contribution in [0, 0.1) is 23.7 Å². The van der Waals surface area contributed by atoms with E-state index in [0.29, 0.717) is 16.9 Å². The van der Waals surface area contributed by atoms with Gasteiger partial charge in [-0.05, 0) is 42.8 Å². The van der Waals surface area contributed by atoms with Gasteiger partial charge in [-0.2, -0.15) is 10.4 Å². The zero-order valence-electron chi connectivity index (χ0n) is 13.0. The van der Waals surface area contributed by atoms with Crippen molar-refractivity contribution in [1.82, 2.24) is 0 Å². The molecule has 0 fully saturated rings. The van der Waals surface area contributed by atoms with Crippen molar-refractivity contribution in [2.75, 3.05) is 10.7 Å². The SMILES string of the molecule is Cc1cc(N/N=C(\C#N)C(=N)N)ccc1NC(=O)c1ccccc1. The van der Waals surface area contributed by atoms with Gasteiger partial charge >= 0.3 is 0 Å². The van der Waals surface area contributed by atoms with Crippen molar-refractivity contribution in [3.8, 4) is 6.07 Å². The van der Waals surface area contributed by atoms with E-state index in [-0.39, 0.29) is 11.6 Å². The zero-order valence-corrected chi connectivity index (χ0v) is 13.0. The standard InChI is InChI=1S/C17H16N6O/c1-11-9-13(22-23-15(10-18)16(19)20)7-8-14(11)21-17(24)12-5-3-2-4-6-12/h2-9,22H,1H3,(H3,19,20)(H,21,24)/b23-15+. The van der Waals surface area contributed by atoms with Gasteiger partial charge in [-0.1, -0.05) is 18.2 Å². The second-order valence-electron chi connectivity index (χ2n) is 4.95. The molecule has 0 saturated carbocycles. The quantitative estimate of drug-likeness (QED) is 0.383. The van der Waals surface area contributed by atoms with Gasteiger partial charge < -0.3 is 11.1 Å². The molecule has 0 atom stereocenters. The molecule has 5 N–H and O–H groups in total. The van der Waals surface area contributed by atoms with Crippen LogP contribution in [0.1, 0.15) is 15.9 Å². The van der Waals surface area contributed by atoms with Gasteiger partial charge in [0.05, 0.1) is 5.69 Å². The van der Waals surface area contributed by atoms with Gasteiger partial charge in [-0.25, -0.2) is 0 Å². The van der Waals surface area contributed by atoms with Gasteiger partial charge in [0.15, 0.2) is 5.84 Å². The van der Waals surface area contributed by atoms with Crippen LogP contribution in [0.2, 0.25) is 0 Å². The predicted molar refractivity (Wildman–Crippen MR) is 94.2 cm³/mol. The molecule has 0 unspecified atom stereocenters. The third-order valence-corrected chi connectivity index (χ3v) is 3.17. The summed E-state index contributed by atoms with van der Waals surface area (Å²) in [5.74, 6) is -0.603. The normalized spacial score (nSPS) is 10.6. The lowest BCUT2D eigenvalue weighted by Gasteiger charge is -2.10. The Morgan fingerprint density at radius 3 is 2.54 bits per heavy atom. The minimum atomic E-state index is -0.409. The number of carbonyl (C=O) groups excluding carboxylic acids is 1. The first-order valence-corrected chi connectivity index (χ1v) is 7.06. The lowest BCUT2D eigenvalue weighted by molar-refractivity contribution is 0.102. The summed E-state index contributed by atoms with van der Waals surface area (Å²) in [4.78, 5) is 12.2. The molecule has 2 rings (SSSR count). The van der Waals surface area contributed by atoms with Crippen LogP contribution in [0.5, 0.6) is 0 Å². The molecule has 2 aromatic rings. The van der Waals surface area contributed by atoms with Gasteiger partial charge in [0.2, 0.25) is 5.71 Å². The Kier molecular flexibility index (Phi) is 5.26. The van der Waals surface area contributed by atoms with E-state index in [1.54, 1.807) is 48.5 Å². The smallest absolute Gasteiger partial charge is 0.255 e. The van der Waals surface area contributed by atoms with E-state index in [0.717, 1.165) is 5.56 Å². The second-order valence-corrected chi connectivity index (χ2v) is 4.95. The zero-order chi connectivity index (χ0) is 17.5. The fraction of sp³-hybridized carbons (Fsp3) is 0.0588. The number of rotatable bonds is 5. The lowest BCUT2D eigenvalue weighted by Crippen LogP contribution is -2.21. The topological polar surface area (TPSA) is 127 Å². The van der Waals surface area contributed by atoms with Crippen LogP contribution in [0.4, 0.5) is 11.4 Å². The van der Waals surface area contributed by atoms with Crippen molar-refractivity contribution < 1.29 is 4.79 Å². The van der Waals surface area contributed by atoms with Gasteiger partial charge in [-0.3, -0.25) is 15.6 Å². The summed E-state index contributed by atoms with van der Waals surface area (Å²) >= 11 is 0. The molecule has 0 aromatic heterocycles. The largest absolute Gasteiger partial charge is 0.382 e. The highest BCUT2D eigenvalue weighted by molar-refractivity contribution is 6.45. The number of amidine groups is 1. The van der Waals surface area contributed by atoms with Crippen LogP contribution < -0.4 is 16.5 Å². The second kappa shape index (κ2) is 7.56. The van der Waals surface area contributed by atoms with Gasteiger partial charge in [0.25, 0.3) is 5.91 Å². The molecule has 0 aliphatic carbocycles. The fourth-order valence-corrected chi connectivity index (χ4v) is 1.92. The third-order valence-electron chi connectivity index (χ3n) is 3.17. The van der Waals surface area contributed by atoms with Crippen molar-refractivity contribution in [3.05, 3.63) is 59.7 Å². The van der Waals surface area contributed by atoms with Crippen LogP contribution in [0.25, 0.3) is 0 Å². The lowest BCUT2D eigenvalue weighted by atomic mass is 10.1. The van der Waals surface area contributed by atoms with Crippen molar-refractivity contribution >= 4 is 28.8 Å². The molecule has 0 heterocycles. The summed E-state index contributed by atoms with van der Waals surface area (Å²) in [6, 6.07) is 15.8. The molecule has 24 heavy (non-hydrogen) atoms. The van der Waals surface area contributed by atoms with E-state index in [2.05, 4.69) is 15.8 Å². The minimum absolute atomic E-state index is 0.194. The van der Waals surface area contributed by atoms with Crippen LogP contribution in [0.3, 0.4) is 0 Å². The summed E-state index contributed by atoms with van der Waals surface area (Å²) < 4.78 is 0. The van der Waals surface area contributed by atoms with E-state index < -0.39 is 5.84 Å². The number of hydrazone groups is 1. The van der Waals surface area contributed by atoms with Gasteiger partial charge in [0.1, 0.15) is 6.07 Å². The van der Waals surface area contributed by atoms with E-state index in [1.165, 1.54) is 0 Å². The summed E-state index contributed by atoms with van der Waals surface area (Å²) in [5, 5.41) is 22.6. The Bertz CT molecular complexity index is 836. The number of aryl methyl sites for hydroxylation is 1. The molecule has 120 valence electrons. The number of anilines is 2. The summed E-state index contributed by atoms with van der Waals surface area (Å²) in [5.41, 5.74) is 10.4. The first-order valence-electron chi connectivity index (χ1n) is 7.06. The predicted octanol–water partition coefficient (Wildman–Crippen LogP) is 2.47.